The summed E-state index contributed by atoms with van der Waals surface area (Å²) in [6, 6.07) is 20.8. The van der Waals surface area contributed by atoms with E-state index in [0.29, 0.717) is 22.1 Å². The maximum Gasteiger partial charge on any atom is 0.220 e. The van der Waals surface area contributed by atoms with Crippen LogP contribution in [-0.4, -0.2) is 26.0 Å². The Morgan fingerprint density at radius 1 is 1.03 bits per heavy atom. The van der Waals surface area contributed by atoms with E-state index < -0.39 is 0 Å². The standard InChI is InChI=1S/C22H19N5OS/c1-14-13-15(2)23-20-18(14)21(25-24-20)26-27-22(29-17-11-7-4-8-12-17)19(28)16-9-5-3-6-10-16/h3-13H,1-2H3,(H2,23,24,25,26)/b27-22-. The van der Waals surface area contributed by atoms with Gasteiger partial charge < -0.3 is 0 Å². The van der Waals surface area contributed by atoms with Crippen LogP contribution in [0.25, 0.3) is 11.0 Å². The van der Waals surface area contributed by atoms with Crippen LogP contribution in [0.1, 0.15) is 21.6 Å². The number of carbonyl (C=O) groups is 1. The summed E-state index contributed by atoms with van der Waals surface area (Å²) in [5.41, 5.74) is 6.12. The van der Waals surface area contributed by atoms with Gasteiger partial charge in [-0.2, -0.15) is 10.2 Å². The Hall–Kier alpha value is -3.45. The molecule has 144 valence electrons. The topological polar surface area (TPSA) is 83.0 Å². The van der Waals surface area contributed by atoms with Crippen molar-refractivity contribution in [1.29, 1.82) is 0 Å². The summed E-state index contributed by atoms with van der Waals surface area (Å²) in [7, 11) is 0. The molecule has 0 aliphatic heterocycles. The van der Waals surface area contributed by atoms with Gasteiger partial charge in [-0.3, -0.25) is 15.3 Å². The summed E-state index contributed by atoms with van der Waals surface area (Å²) in [5, 5.41) is 12.8. The predicted octanol–water partition coefficient (Wildman–Crippen LogP) is 4.98. The molecule has 29 heavy (non-hydrogen) atoms. The number of aryl methyl sites for hydroxylation is 2. The summed E-state index contributed by atoms with van der Waals surface area (Å²) >= 11 is 1.31. The molecule has 0 radical (unpaired) electrons. The Kier molecular flexibility index (Phi) is 5.39. The van der Waals surface area contributed by atoms with Crippen molar-refractivity contribution in [3.63, 3.8) is 0 Å². The highest BCUT2D eigenvalue weighted by Crippen LogP contribution is 2.25. The fourth-order valence-corrected chi connectivity index (χ4v) is 3.81. The number of benzene rings is 2. The molecule has 7 heteroatoms. The number of thioether (sulfide) groups is 1. The number of H-pyrrole nitrogens is 1. The van der Waals surface area contributed by atoms with E-state index in [9.17, 15) is 4.79 Å². The van der Waals surface area contributed by atoms with Gasteiger partial charge in [0, 0.05) is 16.2 Å². The third-order valence-corrected chi connectivity index (χ3v) is 5.28. The Morgan fingerprint density at radius 3 is 2.45 bits per heavy atom. The molecule has 0 unspecified atom stereocenters. The van der Waals surface area contributed by atoms with E-state index in [0.717, 1.165) is 21.5 Å². The molecule has 0 spiro atoms. The van der Waals surface area contributed by atoms with Crippen molar-refractivity contribution in [1.82, 2.24) is 15.2 Å². The molecule has 0 saturated heterocycles. The van der Waals surface area contributed by atoms with Gasteiger partial charge in [0.2, 0.25) is 5.78 Å². The van der Waals surface area contributed by atoms with E-state index in [2.05, 4.69) is 25.7 Å². The van der Waals surface area contributed by atoms with Crippen LogP contribution in [-0.2, 0) is 0 Å². The number of hydrogen-bond donors (Lipinski definition) is 2. The highest BCUT2D eigenvalue weighted by molar-refractivity contribution is 8.15. The number of nitrogens with zero attached hydrogens (tertiary/aromatic N) is 3. The Morgan fingerprint density at radius 2 is 1.72 bits per heavy atom. The predicted molar refractivity (Wildman–Crippen MR) is 117 cm³/mol. The average molecular weight is 401 g/mol. The smallest absolute Gasteiger partial charge is 0.220 e. The van der Waals surface area contributed by atoms with Crippen LogP contribution in [0, 0.1) is 13.8 Å². The number of nitrogens with one attached hydrogen (secondary N) is 2. The number of aromatic nitrogens is 3. The lowest BCUT2D eigenvalue weighted by molar-refractivity contribution is 0.106. The Bertz CT molecular complexity index is 1190. The molecular formula is C22H19N5OS. The van der Waals surface area contributed by atoms with Gasteiger partial charge in [0.1, 0.15) is 0 Å². The van der Waals surface area contributed by atoms with Crippen LogP contribution in [0.3, 0.4) is 0 Å². The second kappa shape index (κ2) is 8.28. The van der Waals surface area contributed by atoms with Crippen LogP contribution in [0.15, 0.2) is 76.7 Å². The number of Topliss-reactive ketones (excluding diaryl/α,β-unsaturated/α-hetero) is 1. The highest BCUT2D eigenvalue weighted by atomic mass is 32.2. The zero-order chi connectivity index (χ0) is 20.2. The van der Waals surface area contributed by atoms with Crippen LogP contribution >= 0.6 is 11.8 Å². The second-order valence-corrected chi connectivity index (χ2v) is 7.58. The number of hydrogen-bond acceptors (Lipinski definition) is 6. The minimum Gasteiger partial charge on any atom is -0.286 e. The van der Waals surface area contributed by atoms with Crippen LogP contribution in [0.5, 0.6) is 0 Å². The van der Waals surface area contributed by atoms with E-state index in [4.69, 9.17) is 0 Å². The lowest BCUT2D eigenvalue weighted by Crippen LogP contribution is -2.13. The molecule has 2 aromatic heterocycles. The van der Waals surface area contributed by atoms with E-state index in [1.165, 1.54) is 11.8 Å². The van der Waals surface area contributed by atoms with Gasteiger partial charge in [-0.25, -0.2) is 4.98 Å². The van der Waals surface area contributed by atoms with Crippen molar-refractivity contribution in [3.05, 3.63) is 83.6 Å². The lowest BCUT2D eigenvalue weighted by Gasteiger charge is -2.07. The minimum atomic E-state index is -0.151. The summed E-state index contributed by atoms with van der Waals surface area (Å²) in [5.74, 6) is 0.457. The maximum absolute atomic E-state index is 13.1. The van der Waals surface area contributed by atoms with Gasteiger partial charge in [0.25, 0.3) is 0 Å². The molecule has 0 bridgehead atoms. The van der Waals surface area contributed by atoms with E-state index in [1.807, 2.05) is 68.4 Å². The monoisotopic (exact) mass is 401 g/mol. The van der Waals surface area contributed by atoms with Crippen molar-refractivity contribution in [3.8, 4) is 0 Å². The van der Waals surface area contributed by atoms with Gasteiger partial charge in [0.05, 0.1) is 5.39 Å². The quantitative estimate of drug-likeness (QED) is 0.162. The van der Waals surface area contributed by atoms with Crippen molar-refractivity contribution in [2.24, 2.45) is 5.10 Å². The molecule has 0 atom stereocenters. The summed E-state index contributed by atoms with van der Waals surface area (Å²) in [6.45, 7) is 3.93. The first-order valence-electron chi connectivity index (χ1n) is 9.10. The number of fused-ring (bicyclic) bond motifs is 1. The van der Waals surface area contributed by atoms with Crippen molar-refractivity contribution in [2.75, 3.05) is 5.43 Å². The molecule has 0 aliphatic carbocycles. The van der Waals surface area contributed by atoms with Crippen LogP contribution in [0.4, 0.5) is 5.82 Å². The molecule has 4 aromatic rings. The molecule has 4 rings (SSSR count). The maximum atomic E-state index is 13.1. The van der Waals surface area contributed by atoms with E-state index in [1.54, 1.807) is 12.1 Å². The zero-order valence-electron chi connectivity index (χ0n) is 16.0. The number of carbonyl (C=O) groups excluding carboxylic acids is 1. The molecule has 0 fully saturated rings. The normalized spacial score (nSPS) is 11.6. The molecule has 0 amide bonds. The third kappa shape index (κ3) is 4.20. The zero-order valence-corrected chi connectivity index (χ0v) is 16.8. The van der Waals surface area contributed by atoms with Crippen molar-refractivity contribution >= 4 is 39.4 Å². The Balaban J connectivity index is 1.69. The van der Waals surface area contributed by atoms with Crippen molar-refractivity contribution in [2.45, 2.75) is 18.7 Å². The van der Waals surface area contributed by atoms with Gasteiger partial charge >= 0.3 is 0 Å². The van der Waals surface area contributed by atoms with Gasteiger partial charge in [-0.05, 0) is 37.6 Å². The SMILES string of the molecule is Cc1cc(C)c2c(N/N=C(\Sc3ccccc3)C(=O)c3ccccc3)[nH]nc2n1. The number of aromatic amines is 1. The van der Waals surface area contributed by atoms with Crippen molar-refractivity contribution < 1.29 is 4.79 Å². The summed E-state index contributed by atoms with van der Waals surface area (Å²) < 4.78 is 0. The number of ketones is 1. The molecule has 6 nitrogen and oxygen atoms in total. The first kappa shape index (κ1) is 18.9. The summed E-state index contributed by atoms with van der Waals surface area (Å²) in [6.07, 6.45) is 0. The van der Waals surface area contributed by atoms with E-state index in [-0.39, 0.29) is 5.78 Å². The van der Waals surface area contributed by atoms with Gasteiger partial charge in [-0.1, -0.05) is 60.3 Å². The Labute approximate surface area is 172 Å². The molecular weight excluding hydrogens is 382 g/mol. The molecule has 2 heterocycles. The first-order chi connectivity index (χ1) is 14.1. The molecule has 0 saturated carbocycles. The third-order valence-electron chi connectivity index (χ3n) is 4.31. The highest BCUT2D eigenvalue weighted by Gasteiger charge is 2.17. The number of pyridine rings is 1. The van der Waals surface area contributed by atoms with Gasteiger partial charge in [0.15, 0.2) is 16.5 Å². The largest absolute Gasteiger partial charge is 0.286 e. The molecule has 2 N–H and O–H groups in total. The lowest BCUT2D eigenvalue weighted by atomic mass is 10.1. The second-order valence-electron chi connectivity index (χ2n) is 6.52. The molecule has 0 aliphatic rings. The number of hydrazone groups is 1. The van der Waals surface area contributed by atoms with Gasteiger partial charge in [-0.15, -0.1) is 0 Å². The minimum absolute atomic E-state index is 0.151. The number of anilines is 1. The first-order valence-corrected chi connectivity index (χ1v) is 9.92. The molecule has 2 aromatic carbocycles. The summed E-state index contributed by atoms with van der Waals surface area (Å²) in [4.78, 5) is 18.4. The number of rotatable bonds is 5. The fraction of sp³-hybridized carbons (Fsp3) is 0.0909. The van der Waals surface area contributed by atoms with Crippen LogP contribution < -0.4 is 5.43 Å². The van der Waals surface area contributed by atoms with E-state index >= 15 is 0 Å². The van der Waals surface area contributed by atoms with Crippen LogP contribution in [0.2, 0.25) is 0 Å². The average Bonchev–Trinajstić information content (AvgIpc) is 3.15. The fourth-order valence-electron chi connectivity index (χ4n) is 2.99.